The van der Waals surface area contributed by atoms with Crippen molar-refractivity contribution in [2.24, 2.45) is 0 Å². The third-order valence-electron chi connectivity index (χ3n) is 1.04. The quantitative estimate of drug-likeness (QED) is 0.482. The molecule has 0 bridgehead atoms. The van der Waals surface area contributed by atoms with Gasteiger partial charge in [0.1, 0.15) is 0 Å². The van der Waals surface area contributed by atoms with Gasteiger partial charge in [0.2, 0.25) is 0 Å². The second kappa shape index (κ2) is 5.63. The van der Waals surface area contributed by atoms with Gasteiger partial charge in [-0.15, -0.1) is 0 Å². The molecule has 1 unspecified atom stereocenters. The molecule has 5 heteroatoms. The Morgan fingerprint density at radius 2 is 2.40 bits per heavy atom. The molecule has 0 heterocycles. The summed E-state index contributed by atoms with van der Waals surface area (Å²) < 4.78 is 0.748. The third kappa shape index (κ3) is 3.14. The Kier molecular flexibility index (Phi) is 5.55. The van der Waals surface area contributed by atoms with Crippen LogP contribution in [-0.4, -0.2) is 51.2 Å². The molecule has 10 heavy (non-hydrogen) atoms. The first kappa shape index (κ1) is 9.86. The van der Waals surface area contributed by atoms with Crippen molar-refractivity contribution in [2.45, 2.75) is 10.0 Å². The van der Waals surface area contributed by atoms with E-state index in [2.05, 4.69) is 10.6 Å². The molecule has 1 atom stereocenters. The summed E-state index contributed by atoms with van der Waals surface area (Å²) in [4.78, 5) is 20.7. The van der Waals surface area contributed by atoms with Gasteiger partial charge < -0.3 is 0 Å². The molecule has 0 aliphatic heterocycles. The van der Waals surface area contributed by atoms with E-state index in [0.717, 1.165) is 29.7 Å². The predicted molar refractivity (Wildman–Crippen MR) is 37.6 cm³/mol. The van der Waals surface area contributed by atoms with Gasteiger partial charge in [-0.3, -0.25) is 0 Å². The molecular weight excluding hydrogens is 327 g/mol. The summed E-state index contributed by atoms with van der Waals surface area (Å²) in [5.74, 6) is -0.123. The van der Waals surface area contributed by atoms with Gasteiger partial charge in [-0.25, -0.2) is 0 Å². The summed E-state index contributed by atoms with van der Waals surface area (Å²) in [5.41, 5.74) is 0. The van der Waals surface area contributed by atoms with Gasteiger partial charge in [-0.05, 0) is 0 Å². The Bertz CT molecular complexity index is 129. The Hall–Kier alpha value is -0.138. The number of hydrogen-bond acceptors (Lipinski definition) is 2. The predicted octanol–water partition coefficient (Wildman–Crippen LogP) is -1.57. The molecule has 4 nitrogen and oxygen atoms in total. The van der Waals surface area contributed by atoms with Crippen molar-refractivity contribution in [2.75, 3.05) is 7.05 Å². The first-order valence-electron chi connectivity index (χ1n) is 2.82. The fraction of sp³-hybridized carbons (Fsp3) is 0.600. The maximum atomic E-state index is 10.8. The van der Waals surface area contributed by atoms with Crippen molar-refractivity contribution in [1.29, 1.82) is 0 Å². The zero-order valence-electron chi connectivity index (χ0n) is 5.68. The van der Waals surface area contributed by atoms with Crippen molar-refractivity contribution >= 4 is 38.1 Å². The average Bonchev–Trinajstić information content (AvgIpc) is 1.99. The molecule has 2 amide bonds. The van der Waals surface area contributed by atoms with Crippen LogP contribution in [0, 0.1) is 0 Å². The van der Waals surface area contributed by atoms with Crippen molar-refractivity contribution in [3.8, 4) is 0 Å². The van der Waals surface area contributed by atoms with Gasteiger partial charge in [0, 0.05) is 0 Å². The van der Waals surface area contributed by atoms with E-state index >= 15 is 0 Å². The molecule has 3 radical (unpaired) electrons. The monoisotopic (exact) mass is 337 g/mol. The summed E-state index contributed by atoms with van der Waals surface area (Å²) in [6, 6.07) is -0.325. The van der Waals surface area contributed by atoms with Crippen LogP contribution < -0.4 is 10.6 Å². The molecule has 0 aliphatic rings. The fourth-order valence-electron chi connectivity index (χ4n) is 0.484. The van der Waals surface area contributed by atoms with E-state index in [1.807, 2.05) is 0 Å². The van der Waals surface area contributed by atoms with Crippen molar-refractivity contribution < 1.29 is 9.59 Å². The molecule has 0 spiro atoms. The van der Waals surface area contributed by atoms with E-state index in [1.165, 1.54) is 0 Å². The van der Waals surface area contributed by atoms with Crippen LogP contribution in [0.15, 0.2) is 0 Å². The van der Waals surface area contributed by atoms with Gasteiger partial charge in [-0.2, -0.15) is 0 Å². The number of hydrogen-bond donors (Lipinski definition) is 2. The first-order chi connectivity index (χ1) is 4.76. The molecule has 0 aliphatic carbocycles. The van der Waals surface area contributed by atoms with Crippen molar-refractivity contribution in [1.82, 2.24) is 10.6 Å². The third-order valence-corrected chi connectivity index (χ3v) is 2.62. The van der Waals surface area contributed by atoms with Crippen LogP contribution in [0.4, 0.5) is 0 Å². The van der Waals surface area contributed by atoms with Crippen molar-refractivity contribution in [3.63, 3.8) is 0 Å². The number of likely N-dealkylation sites (N-methyl/N-ethyl adjacent to an activating group) is 1. The van der Waals surface area contributed by atoms with Gasteiger partial charge in [-0.1, -0.05) is 0 Å². The SMILES string of the molecule is CNC(=O)C([CH2][Pb])NC=O. The van der Waals surface area contributed by atoms with Crippen LogP contribution in [0.1, 0.15) is 0 Å². The Morgan fingerprint density at radius 3 is 2.70 bits per heavy atom. The minimum absolute atomic E-state index is 0.123. The van der Waals surface area contributed by atoms with Crippen LogP contribution in [0.5, 0.6) is 0 Å². The van der Waals surface area contributed by atoms with E-state index in [1.54, 1.807) is 7.05 Å². The number of carbonyl (C=O) groups excluding carboxylic acids is 2. The van der Waals surface area contributed by atoms with Crippen LogP contribution in [0.2, 0.25) is 3.98 Å². The topological polar surface area (TPSA) is 58.2 Å². The zero-order valence-corrected chi connectivity index (χ0v) is 9.57. The van der Waals surface area contributed by atoms with E-state index in [-0.39, 0.29) is 11.9 Å². The molecule has 0 aromatic rings. The second-order valence-corrected chi connectivity index (χ2v) is 3.24. The summed E-state index contributed by atoms with van der Waals surface area (Å²) in [6.07, 6.45) is 0.553. The van der Waals surface area contributed by atoms with E-state index < -0.39 is 0 Å². The molecule has 0 saturated carbocycles. The molecule has 0 rings (SSSR count). The van der Waals surface area contributed by atoms with Crippen LogP contribution in [0.25, 0.3) is 0 Å². The van der Waals surface area contributed by atoms with E-state index in [4.69, 9.17) is 0 Å². The molecule has 0 fully saturated rings. The maximum absolute atomic E-state index is 10.8. The Balaban J connectivity index is 3.79. The normalized spacial score (nSPS) is 11.8. The van der Waals surface area contributed by atoms with Gasteiger partial charge >= 0.3 is 75.4 Å². The first-order valence-corrected chi connectivity index (χ1v) is 5.57. The Labute approximate surface area is 75.4 Å². The number of nitrogens with one attached hydrogen (secondary N) is 2. The standard InChI is InChI=1S/C5H9N2O2.Pb/c1-4(7-3-8)5(9)6-2;/h3-4H,1H2,2H3,(H,6,9)(H,7,8);. The van der Waals surface area contributed by atoms with E-state index in [0.29, 0.717) is 6.41 Å². The zero-order chi connectivity index (χ0) is 7.98. The van der Waals surface area contributed by atoms with Gasteiger partial charge in [0.15, 0.2) is 0 Å². The van der Waals surface area contributed by atoms with Crippen LogP contribution in [0.3, 0.4) is 0 Å². The summed E-state index contributed by atoms with van der Waals surface area (Å²) in [5, 5.41) is 4.89. The second-order valence-electron chi connectivity index (χ2n) is 1.66. The molecule has 55 valence electrons. The van der Waals surface area contributed by atoms with Crippen LogP contribution >= 0.6 is 0 Å². The Morgan fingerprint density at radius 1 is 1.80 bits per heavy atom. The molecule has 0 aromatic heterocycles. The number of carbonyl (C=O) groups is 2. The molecule has 2 N–H and O–H groups in total. The number of amides is 2. The summed E-state index contributed by atoms with van der Waals surface area (Å²) in [7, 11) is 1.55. The average molecular weight is 336 g/mol. The molecular formula is C5H9N2O2Pb. The van der Waals surface area contributed by atoms with Gasteiger partial charge in [0.25, 0.3) is 0 Å². The van der Waals surface area contributed by atoms with Crippen LogP contribution in [-0.2, 0) is 9.59 Å². The molecule has 0 aromatic carbocycles. The molecule has 0 saturated heterocycles. The van der Waals surface area contributed by atoms with Crippen molar-refractivity contribution in [3.05, 3.63) is 0 Å². The van der Waals surface area contributed by atoms with Gasteiger partial charge in [0.05, 0.1) is 0 Å². The summed E-state index contributed by atoms with van der Waals surface area (Å²) in [6.45, 7) is 0. The minimum atomic E-state index is -0.325. The van der Waals surface area contributed by atoms with E-state index in [9.17, 15) is 9.59 Å². The summed E-state index contributed by atoms with van der Waals surface area (Å²) >= 11 is 0.907. The fourth-order valence-corrected chi connectivity index (χ4v) is 1.66. The number of rotatable bonds is 4.